The highest BCUT2D eigenvalue weighted by atomic mass is 16.6. The Hall–Kier alpha value is -1.59. The molecule has 0 saturated heterocycles. The molecule has 0 bridgehead atoms. The smallest absolute Gasteiger partial charge is 0.306 e. The molecular formula is C47H90O6. The Morgan fingerprint density at radius 1 is 0.358 bits per heavy atom. The predicted octanol–water partition coefficient (Wildman–Crippen LogP) is 14.6. The van der Waals surface area contributed by atoms with Gasteiger partial charge in [-0.1, -0.05) is 214 Å². The van der Waals surface area contributed by atoms with E-state index in [-0.39, 0.29) is 31.1 Å². The maximum atomic E-state index is 12.7. The topological polar surface area (TPSA) is 78.9 Å². The van der Waals surface area contributed by atoms with E-state index >= 15 is 0 Å². The summed E-state index contributed by atoms with van der Waals surface area (Å²) in [7, 11) is 0. The summed E-state index contributed by atoms with van der Waals surface area (Å²) < 4.78 is 16.7. The highest BCUT2D eigenvalue weighted by molar-refractivity contribution is 5.71. The molecule has 53 heavy (non-hydrogen) atoms. The molecule has 0 rings (SSSR count). The van der Waals surface area contributed by atoms with Crippen molar-refractivity contribution in [1.82, 2.24) is 0 Å². The second-order valence-electron chi connectivity index (χ2n) is 17.0. The summed E-state index contributed by atoms with van der Waals surface area (Å²) in [6.07, 6.45) is 38.2. The van der Waals surface area contributed by atoms with Gasteiger partial charge in [0.2, 0.25) is 0 Å². The lowest BCUT2D eigenvalue weighted by Crippen LogP contribution is -2.30. The first-order valence-electron chi connectivity index (χ1n) is 23.2. The highest BCUT2D eigenvalue weighted by Gasteiger charge is 2.19. The molecule has 0 radical (unpaired) electrons. The van der Waals surface area contributed by atoms with Gasteiger partial charge >= 0.3 is 17.9 Å². The van der Waals surface area contributed by atoms with E-state index < -0.39 is 6.10 Å². The molecule has 0 aromatic heterocycles. The third-order valence-electron chi connectivity index (χ3n) is 10.5. The van der Waals surface area contributed by atoms with Gasteiger partial charge in [-0.25, -0.2) is 0 Å². The zero-order valence-electron chi connectivity index (χ0n) is 36.1. The zero-order valence-corrected chi connectivity index (χ0v) is 36.1. The second kappa shape index (κ2) is 40.1. The maximum absolute atomic E-state index is 12.7. The zero-order chi connectivity index (χ0) is 39.0. The molecular weight excluding hydrogens is 661 g/mol. The average Bonchev–Trinajstić information content (AvgIpc) is 3.12. The largest absolute Gasteiger partial charge is 0.462 e. The lowest BCUT2D eigenvalue weighted by atomic mass is 10.0. The minimum absolute atomic E-state index is 0.0659. The minimum Gasteiger partial charge on any atom is -0.462 e. The molecule has 0 heterocycles. The number of unbranched alkanes of at least 4 members (excludes halogenated alkanes) is 26. The van der Waals surface area contributed by atoms with Gasteiger partial charge in [0.25, 0.3) is 0 Å². The fourth-order valence-corrected chi connectivity index (χ4v) is 6.93. The van der Waals surface area contributed by atoms with E-state index in [0.717, 1.165) is 69.6 Å². The van der Waals surface area contributed by atoms with E-state index in [1.807, 2.05) is 0 Å². The van der Waals surface area contributed by atoms with Crippen LogP contribution >= 0.6 is 0 Å². The average molecular weight is 751 g/mol. The number of rotatable bonds is 41. The predicted molar refractivity (Wildman–Crippen MR) is 224 cm³/mol. The van der Waals surface area contributed by atoms with Crippen molar-refractivity contribution >= 4 is 17.9 Å². The summed E-state index contributed by atoms with van der Waals surface area (Å²) in [4.78, 5) is 37.7. The monoisotopic (exact) mass is 751 g/mol. The Labute approximate surface area is 329 Å². The van der Waals surface area contributed by atoms with E-state index in [4.69, 9.17) is 14.2 Å². The molecule has 0 spiro atoms. The van der Waals surface area contributed by atoms with Gasteiger partial charge in [-0.05, 0) is 31.1 Å². The molecule has 0 unspecified atom stereocenters. The van der Waals surface area contributed by atoms with Gasteiger partial charge < -0.3 is 14.2 Å². The number of hydrogen-bond acceptors (Lipinski definition) is 6. The van der Waals surface area contributed by atoms with Crippen LogP contribution in [-0.2, 0) is 28.6 Å². The molecule has 314 valence electrons. The van der Waals surface area contributed by atoms with E-state index in [9.17, 15) is 14.4 Å². The van der Waals surface area contributed by atoms with Crippen molar-refractivity contribution in [3.63, 3.8) is 0 Å². The van der Waals surface area contributed by atoms with Crippen molar-refractivity contribution in [2.75, 3.05) is 13.2 Å². The fraction of sp³-hybridized carbons (Fsp3) is 0.936. The van der Waals surface area contributed by atoms with Crippen molar-refractivity contribution < 1.29 is 28.6 Å². The van der Waals surface area contributed by atoms with Crippen LogP contribution in [0.25, 0.3) is 0 Å². The third kappa shape index (κ3) is 41.4. The van der Waals surface area contributed by atoms with Crippen molar-refractivity contribution in [3.8, 4) is 0 Å². The summed E-state index contributed by atoms with van der Waals surface area (Å²) in [5.41, 5.74) is 0. The normalized spacial score (nSPS) is 12.1. The first kappa shape index (κ1) is 51.4. The lowest BCUT2D eigenvalue weighted by Gasteiger charge is -2.18. The number of esters is 3. The van der Waals surface area contributed by atoms with Gasteiger partial charge in [0.1, 0.15) is 13.2 Å². The molecule has 0 aliphatic rings. The van der Waals surface area contributed by atoms with Crippen LogP contribution in [0.15, 0.2) is 0 Å². The summed E-state index contributed by atoms with van der Waals surface area (Å²) in [5, 5.41) is 0. The van der Waals surface area contributed by atoms with Crippen LogP contribution in [0.4, 0.5) is 0 Å². The molecule has 6 heteroatoms. The molecule has 0 fully saturated rings. The van der Waals surface area contributed by atoms with Crippen LogP contribution in [-0.4, -0.2) is 37.2 Å². The number of carbonyl (C=O) groups excluding carboxylic acids is 3. The molecule has 0 N–H and O–H groups in total. The van der Waals surface area contributed by atoms with E-state index in [2.05, 4.69) is 34.6 Å². The van der Waals surface area contributed by atoms with Gasteiger partial charge in [0.05, 0.1) is 0 Å². The van der Waals surface area contributed by atoms with Gasteiger partial charge in [0, 0.05) is 19.3 Å². The van der Waals surface area contributed by atoms with Gasteiger partial charge in [0.15, 0.2) is 6.10 Å². The van der Waals surface area contributed by atoms with E-state index in [1.54, 1.807) is 0 Å². The number of hydrogen-bond donors (Lipinski definition) is 0. The summed E-state index contributed by atoms with van der Waals surface area (Å²) in [6.45, 7) is 11.2. The number of ether oxygens (including phenoxy) is 3. The van der Waals surface area contributed by atoms with Crippen LogP contribution in [0.5, 0.6) is 0 Å². The van der Waals surface area contributed by atoms with Crippen LogP contribution in [0.2, 0.25) is 0 Å². The van der Waals surface area contributed by atoms with Crippen molar-refractivity contribution in [2.45, 2.75) is 259 Å². The van der Waals surface area contributed by atoms with Crippen molar-refractivity contribution in [2.24, 2.45) is 11.8 Å². The minimum atomic E-state index is -0.761. The second-order valence-corrected chi connectivity index (χ2v) is 17.0. The van der Waals surface area contributed by atoms with Crippen LogP contribution in [0, 0.1) is 11.8 Å². The Morgan fingerprint density at radius 2 is 0.623 bits per heavy atom. The molecule has 0 aromatic rings. The molecule has 0 aromatic carbocycles. The van der Waals surface area contributed by atoms with Crippen molar-refractivity contribution in [3.05, 3.63) is 0 Å². The van der Waals surface area contributed by atoms with Crippen LogP contribution < -0.4 is 0 Å². The Bertz CT molecular complexity index is 809. The van der Waals surface area contributed by atoms with Crippen molar-refractivity contribution in [1.29, 1.82) is 0 Å². The third-order valence-corrected chi connectivity index (χ3v) is 10.5. The molecule has 0 amide bonds. The molecule has 1 atom stereocenters. The van der Waals surface area contributed by atoms with Gasteiger partial charge in [-0.3, -0.25) is 14.4 Å². The highest BCUT2D eigenvalue weighted by Crippen LogP contribution is 2.16. The van der Waals surface area contributed by atoms with E-state index in [0.29, 0.717) is 19.3 Å². The Balaban J connectivity index is 4.28. The molecule has 0 aliphatic heterocycles. The summed E-state index contributed by atoms with van der Waals surface area (Å²) in [6, 6.07) is 0. The first-order valence-corrected chi connectivity index (χ1v) is 23.2. The summed E-state index contributed by atoms with van der Waals surface area (Å²) in [5.74, 6) is 0.693. The first-order chi connectivity index (χ1) is 25.7. The van der Waals surface area contributed by atoms with E-state index in [1.165, 1.54) is 141 Å². The molecule has 0 saturated carbocycles. The van der Waals surface area contributed by atoms with Gasteiger partial charge in [-0.15, -0.1) is 0 Å². The SMILES string of the molecule is CCCCCCCCCCCCCCCCCC(=O)OC[C@@H](COC(=O)CCCCCCCCCCC(C)C)OC(=O)CCCCCCCCC(C)C. The van der Waals surface area contributed by atoms with Gasteiger partial charge in [-0.2, -0.15) is 0 Å². The molecule has 6 nitrogen and oxygen atoms in total. The molecule has 0 aliphatic carbocycles. The number of carbonyl (C=O) groups is 3. The standard InChI is InChI=1S/C47H90O6/c1-6-7-8-9-10-11-12-13-14-15-16-17-21-27-32-37-45(48)51-40-44(53-47(50)39-34-29-24-23-26-31-36-43(4)5)41-52-46(49)38-33-28-22-19-18-20-25-30-35-42(2)3/h42-44H,6-41H2,1-5H3/t44-/m0/s1. The van der Waals surface area contributed by atoms with Crippen LogP contribution in [0.3, 0.4) is 0 Å². The fourth-order valence-electron chi connectivity index (χ4n) is 6.93. The summed E-state index contributed by atoms with van der Waals surface area (Å²) >= 11 is 0. The maximum Gasteiger partial charge on any atom is 0.306 e. The Kier molecular flexibility index (Phi) is 38.9. The lowest BCUT2D eigenvalue weighted by molar-refractivity contribution is -0.167. The quantitative estimate of drug-likeness (QED) is 0.0352. The Morgan fingerprint density at radius 3 is 0.925 bits per heavy atom. The van der Waals surface area contributed by atoms with Crippen LogP contribution in [0.1, 0.15) is 253 Å².